The molecule has 0 amide bonds. The minimum atomic E-state index is -0.424. The Hall–Kier alpha value is -0.630. The van der Waals surface area contributed by atoms with Crippen LogP contribution in [0.1, 0.15) is 32.6 Å². The molecule has 0 radical (unpaired) electrons. The number of fused-ring (bicyclic) bond motifs is 1. The zero-order valence-corrected chi connectivity index (χ0v) is 7.88. The molecule has 3 unspecified atom stereocenters. The van der Waals surface area contributed by atoms with Crippen LogP contribution in [0, 0.1) is 5.41 Å². The SMILES string of the molecule is CC12CCCC13OC(C=CC3=O)C2. The van der Waals surface area contributed by atoms with Crippen molar-refractivity contribution in [3.05, 3.63) is 12.2 Å². The van der Waals surface area contributed by atoms with E-state index < -0.39 is 5.60 Å². The zero-order valence-electron chi connectivity index (χ0n) is 7.88. The monoisotopic (exact) mass is 178 g/mol. The molecule has 3 rings (SSSR count). The van der Waals surface area contributed by atoms with E-state index in [1.54, 1.807) is 6.08 Å². The van der Waals surface area contributed by atoms with E-state index >= 15 is 0 Å². The maximum absolute atomic E-state index is 11.8. The van der Waals surface area contributed by atoms with Crippen LogP contribution in [0.5, 0.6) is 0 Å². The van der Waals surface area contributed by atoms with E-state index in [9.17, 15) is 4.79 Å². The molecule has 1 spiro atoms. The Labute approximate surface area is 78.0 Å². The minimum absolute atomic E-state index is 0.123. The molecule has 13 heavy (non-hydrogen) atoms. The van der Waals surface area contributed by atoms with Crippen molar-refractivity contribution in [1.29, 1.82) is 0 Å². The third-order valence-electron chi connectivity index (χ3n) is 4.10. The third-order valence-corrected chi connectivity index (χ3v) is 4.10. The first-order valence-electron chi connectivity index (χ1n) is 5.07. The molecule has 1 saturated carbocycles. The molecule has 2 heteroatoms. The second-order valence-electron chi connectivity index (χ2n) is 4.83. The first kappa shape index (κ1) is 7.74. The van der Waals surface area contributed by atoms with Crippen molar-refractivity contribution in [2.45, 2.75) is 44.3 Å². The Morgan fingerprint density at radius 1 is 1.54 bits per heavy atom. The summed E-state index contributed by atoms with van der Waals surface area (Å²) in [5.74, 6) is 0.209. The fraction of sp³-hybridized carbons (Fsp3) is 0.727. The predicted octanol–water partition coefficient (Wildman–Crippen LogP) is 1.84. The van der Waals surface area contributed by atoms with Crippen molar-refractivity contribution >= 4 is 5.78 Å². The van der Waals surface area contributed by atoms with Crippen LogP contribution in [0.4, 0.5) is 0 Å². The van der Waals surface area contributed by atoms with Gasteiger partial charge in [-0.3, -0.25) is 4.79 Å². The maximum atomic E-state index is 11.8. The highest BCUT2D eigenvalue weighted by atomic mass is 16.5. The molecule has 70 valence electrons. The Bertz CT molecular complexity index is 307. The van der Waals surface area contributed by atoms with Crippen molar-refractivity contribution in [1.82, 2.24) is 0 Å². The number of carbonyl (C=O) groups excluding carboxylic acids is 1. The van der Waals surface area contributed by atoms with Crippen LogP contribution in [0.15, 0.2) is 12.2 Å². The topological polar surface area (TPSA) is 26.3 Å². The fourth-order valence-electron chi connectivity index (χ4n) is 3.36. The largest absolute Gasteiger partial charge is 0.359 e. The number of rotatable bonds is 0. The van der Waals surface area contributed by atoms with Gasteiger partial charge in [-0.2, -0.15) is 0 Å². The maximum Gasteiger partial charge on any atom is 0.187 e. The van der Waals surface area contributed by atoms with Crippen LogP contribution >= 0.6 is 0 Å². The molecule has 0 N–H and O–H groups in total. The van der Waals surface area contributed by atoms with E-state index in [0.29, 0.717) is 0 Å². The molecule has 2 nitrogen and oxygen atoms in total. The van der Waals surface area contributed by atoms with Crippen LogP contribution in [-0.2, 0) is 9.53 Å². The lowest BCUT2D eigenvalue weighted by Gasteiger charge is -2.34. The Balaban J connectivity index is 2.15. The molecule has 2 fully saturated rings. The molecule has 2 heterocycles. The van der Waals surface area contributed by atoms with Crippen LogP contribution in [0.3, 0.4) is 0 Å². The normalized spacial score (nSPS) is 52.7. The van der Waals surface area contributed by atoms with Crippen LogP contribution in [0.2, 0.25) is 0 Å². The summed E-state index contributed by atoms with van der Waals surface area (Å²) in [5.41, 5.74) is -0.301. The second-order valence-corrected chi connectivity index (χ2v) is 4.83. The van der Waals surface area contributed by atoms with Crippen molar-refractivity contribution in [3.63, 3.8) is 0 Å². The highest BCUT2D eigenvalue weighted by molar-refractivity contribution is 5.99. The van der Waals surface area contributed by atoms with E-state index in [2.05, 4.69) is 6.92 Å². The highest BCUT2D eigenvalue weighted by Crippen LogP contribution is 2.59. The van der Waals surface area contributed by atoms with Crippen LogP contribution in [0.25, 0.3) is 0 Å². The van der Waals surface area contributed by atoms with Gasteiger partial charge in [0.2, 0.25) is 0 Å². The molecular formula is C11H14O2. The van der Waals surface area contributed by atoms with Gasteiger partial charge < -0.3 is 4.74 Å². The smallest absolute Gasteiger partial charge is 0.187 e. The minimum Gasteiger partial charge on any atom is -0.359 e. The summed E-state index contributed by atoms with van der Waals surface area (Å²) in [6.07, 6.45) is 8.14. The summed E-state index contributed by atoms with van der Waals surface area (Å²) in [7, 11) is 0. The standard InChI is InChI=1S/C11H14O2/c1-10-5-2-6-11(10)9(12)4-3-8(7-10)13-11/h3-4,8H,2,5-7H2,1H3. The van der Waals surface area contributed by atoms with Gasteiger partial charge in [0.1, 0.15) is 5.60 Å². The average molecular weight is 178 g/mol. The lowest BCUT2D eigenvalue weighted by Crippen LogP contribution is -2.46. The van der Waals surface area contributed by atoms with Crippen LogP contribution in [-0.4, -0.2) is 17.5 Å². The van der Waals surface area contributed by atoms with Gasteiger partial charge in [-0.25, -0.2) is 0 Å². The summed E-state index contributed by atoms with van der Waals surface area (Å²) in [6, 6.07) is 0. The summed E-state index contributed by atoms with van der Waals surface area (Å²) < 4.78 is 5.89. The van der Waals surface area contributed by atoms with Crippen molar-refractivity contribution in [2.24, 2.45) is 5.41 Å². The van der Waals surface area contributed by atoms with Gasteiger partial charge in [0.15, 0.2) is 5.78 Å². The van der Waals surface area contributed by atoms with E-state index in [0.717, 1.165) is 25.7 Å². The average Bonchev–Trinajstić information content (AvgIpc) is 2.47. The third kappa shape index (κ3) is 0.715. The van der Waals surface area contributed by atoms with Gasteiger partial charge in [-0.1, -0.05) is 13.0 Å². The molecule has 0 aromatic heterocycles. The van der Waals surface area contributed by atoms with Gasteiger partial charge in [0.05, 0.1) is 6.10 Å². The van der Waals surface area contributed by atoms with E-state index in [4.69, 9.17) is 4.74 Å². The number of hydrogen-bond acceptors (Lipinski definition) is 2. The molecule has 3 atom stereocenters. The molecule has 2 bridgehead atoms. The summed E-state index contributed by atoms with van der Waals surface area (Å²) in [6.45, 7) is 2.21. The number of carbonyl (C=O) groups is 1. The van der Waals surface area contributed by atoms with Gasteiger partial charge in [0, 0.05) is 5.41 Å². The van der Waals surface area contributed by atoms with Gasteiger partial charge in [-0.05, 0) is 31.8 Å². The predicted molar refractivity (Wildman–Crippen MR) is 48.3 cm³/mol. The highest BCUT2D eigenvalue weighted by Gasteiger charge is 2.63. The Morgan fingerprint density at radius 2 is 2.38 bits per heavy atom. The first-order valence-corrected chi connectivity index (χ1v) is 5.07. The van der Waals surface area contributed by atoms with Gasteiger partial charge in [0.25, 0.3) is 0 Å². The first-order chi connectivity index (χ1) is 6.16. The number of ketones is 1. The fourth-order valence-corrected chi connectivity index (χ4v) is 3.36. The molecule has 3 aliphatic rings. The number of hydrogen-bond donors (Lipinski definition) is 0. The summed E-state index contributed by atoms with van der Waals surface area (Å²) in [4.78, 5) is 11.8. The molecule has 2 aliphatic heterocycles. The van der Waals surface area contributed by atoms with Crippen LogP contribution < -0.4 is 0 Å². The van der Waals surface area contributed by atoms with E-state index in [1.165, 1.54) is 0 Å². The van der Waals surface area contributed by atoms with Crippen molar-refractivity contribution in [2.75, 3.05) is 0 Å². The summed E-state index contributed by atoms with van der Waals surface area (Å²) in [5, 5.41) is 0. The van der Waals surface area contributed by atoms with Crippen molar-refractivity contribution in [3.8, 4) is 0 Å². The molecule has 0 aromatic carbocycles. The van der Waals surface area contributed by atoms with E-state index in [1.807, 2.05) is 6.08 Å². The lowest BCUT2D eigenvalue weighted by molar-refractivity contribution is -0.144. The molecular weight excluding hydrogens is 164 g/mol. The zero-order chi connectivity index (χ0) is 9.10. The Morgan fingerprint density at radius 3 is 3.23 bits per heavy atom. The quantitative estimate of drug-likeness (QED) is 0.565. The van der Waals surface area contributed by atoms with Gasteiger partial charge in [-0.15, -0.1) is 0 Å². The van der Waals surface area contributed by atoms with Gasteiger partial charge >= 0.3 is 0 Å². The number of ether oxygens (including phenoxy) is 1. The summed E-state index contributed by atoms with van der Waals surface area (Å²) >= 11 is 0. The van der Waals surface area contributed by atoms with E-state index in [-0.39, 0.29) is 17.3 Å². The lowest BCUT2D eigenvalue weighted by atomic mass is 9.74. The van der Waals surface area contributed by atoms with Crippen molar-refractivity contribution < 1.29 is 9.53 Å². The molecule has 1 saturated heterocycles. The molecule has 1 aliphatic carbocycles. The molecule has 0 aromatic rings. The second kappa shape index (κ2) is 2.06. The Kier molecular flexibility index (Phi) is 1.23.